The van der Waals surface area contributed by atoms with Gasteiger partial charge >= 0.3 is 0 Å². The molecule has 0 atom stereocenters. The van der Waals surface area contributed by atoms with Crippen LogP contribution in [0.5, 0.6) is 11.5 Å². The Hall–Kier alpha value is -2.58. The molecule has 0 aromatic heterocycles. The molecule has 0 fully saturated rings. The maximum Gasteiger partial charge on any atom is 0.255 e. The number of nitrogens with one attached hydrogen (secondary N) is 1. The smallest absolute Gasteiger partial charge is 0.255 e. The largest absolute Gasteiger partial charge is 0.506 e. The summed E-state index contributed by atoms with van der Waals surface area (Å²) < 4.78 is 32.1. The van der Waals surface area contributed by atoms with Crippen LogP contribution in [0.25, 0.3) is 0 Å². The van der Waals surface area contributed by atoms with Crippen molar-refractivity contribution in [3.8, 4) is 11.5 Å². The first-order valence-electron chi connectivity index (χ1n) is 8.77. The summed E-state index contributed by atoms with van der Waals surface area (Å²) in [6.45, 7) is 4.76. The van der Waals surface area contributed by atoms with Crippen LogP contribution in [0.2, 0.25) is 0 Å². The Morgan fingerprint density at radius 2 is 1.93 bits per heavy atom. The van der Waals surface area contributed by atoms with Crippen LogP contribution in [0.4, 0.5) is 5.69 Å². The fraction of sp³-hybridized carbons (Fsp3) is 0.316. The van der Waals surface area contributed by atoms with Crippen molar-refractivity contribution in [2.75, 3.05) is 25.0 Å². The molecule has 0 spiro atoms. The monoisotopic (exact) mass is 390 g/mol. The van der Waals surface area contributed by atoms with Gasteiger partial charge in [0.1, 0.15) is 11.5 Å². The van der Waals surface area contributed by atoms with E-state index in [1.54, 1.807) is 32.0 Å². The molecular weight excluding hydrogens is 368 g/mol. The van der Waals surface area contributed by atoms with Gasteiger partial charge in [0.05, 0.1) is 17.2 Å². The van der Waals surface area contributed by atoms with E-state index < -0.39 is 15.9 Å². The van der Waals surface area contributed by atoms with E-state index >= 15 is 0 Å². The minimum Gasteiger partial charge on any atom is -0.506 e. The second kappa shape index (κ2) is 7.58. The minimum atomic E-state index is -3.69. The molecule has 1 aliphatic heterocycles. The topological polar surface area (TPSA) is 95.9 Å². The van der Waals surface area contributed by atoms with E-state index in [-0.39, 0.29) is 16.3 Å². The molecule has 2 aromatic rings. The Bertz CT molecular complexity index is 968. The fourth-order valence-corrected chi connectivity index (χ4v) is 4.50. The number of ether oxygens (including phenoxy) is 1. The average Bonchev–Trinajstić information content (AvgIpc) is 3.11. The highest BCUT2D eigenvalue weighted by Crippen LogP contribution is 2.30. The molecule has 8 heteroatoms. The Morgan fingerprint density at radius 3 is 2.63 bits per heavy atom. The van der Waals surface area contributed by atoms with Crippen LogP contribution in [0.1, 0.15) is 29.8 Å². The lowest BCUT2D eigenvalue weighted by atomic mass is 10.1. The second-order valence-electron chi connectivity index (χ2n) is 6.14. The van der Waals surface area contributed by atoms with Crippen LogP contribution in [0.15, 0.2) is 41.3 Å². The number of nitrogens with zero attached hydrogens (tertiary/aromatic N) is 1. The van der Waals surface area contributed by atoms with Gasteiger partial charge in [-0.2, -0.15) is 4.31 Å². The summed E-state index contributed by atoms with van der Waals surface area (Å²) in [5, 5.41) is 12.7. The normalized spacial score (nSPS) is 13.3. The summed E-state index contributed by atoms with van der Waals surface area (Å²) in [6.07, 6.45) is 0.735. The molecule has 7 nitrogen and oxygen atoms in total. The zero-order chi connectivity index (χ0) is 19.6. The van der Waals surface area contributed by atoms with Crippen LogP contribution in [-0.2, 0) is 16.4 Å². The zero-order valence-electron chi connectivity index (χ0n) is 15.2. The number of carbonyl (C=O) groups is 1. The molecule has 144 valence electrons. The van der Waals surface area contributed by atoms with E-state index in [4.69, 9.17) is 4.74 Å². The van der Waals surface area contributed by atoms with E-state index in [0.717, 1.165) is 17.7 Å². The predicted molar refractivity (Wildman–Crippen MR) is 102 cm³/mol. The second-order valence-corrected chi connectivity index (χ2v) is 8.08. The van der Waals surface area contributed by atoms with E-state index in [1.807, 2.05) is 0 Å². The summed E-state index contributed by atoms with van der Waals surface area (Å²) in [5.41, 5.74) is 1.41. The van der Waals surface area contributed by atoms with Crippen molar-refractivity contribution in [3.05, 3.63) is 47.5 Å². The maximum atomic E-state index is 12.7. The van der Waals surface area contributed by atoms with Gasteiger partial charge in [0.15, 0.2) is 0 Å². The predicted octanol–water partition coefficient (Wildman–Crippen LogP) is 2.61. The Morgan fingerprint density at radius 1 is 1.19 bits per heavy atom. The molecule has 0 bridgehead atoms. The number of phenolic OH excluding ortho intramolecular Hbond substituents is 1. The molecule has 0 saturated heterocycles. The van der Waals surface area contributed by atoms with Crippen molar-refractivity contribution in [1.82, 2.24) is 4.31 Å². The number of benzene rings is 2. The van der Waals surface area contributed by atoms with Gasteiger partial charge in [0.25, 0.3) is 5.91 Å². The van der Waals surface area contributed by atoms with Crippen molar-refractivity contribution >= 4 is 21.6 Å². The van der Waals surface area contributed by atoms with Crippen molar-refractivity contribution in [1.29, 1.82) is 0 Å². The van der Waals surface area contributed by atoms with Crippen LogP contribution in [0, 0.1) is 0 Å². The summed E-state index contributed by atoms with van der Waals surface area (Å²) in [7, 11) is -3.69. The molecule has 3 rings (SSSR count). The molecule has 1 heterocycles. The van der Waals surface area contributed by atoms with Crippen LogP contribution >= 0.6 is 0 Å². The highest BCUT2D eigenvalue weighted by atomic mass is 32.2. The van der Waals surface area contributed by atoms with Gasteiger partial charge in [-0.05, 0) is 42.0 Å². The molecule has 0 aliphatic carbocycles. The fourth-order valence-electron chi connectivity index (χ4n) is 3.01. The number of hydrogen-bond donors (Lipinski definition) is 2. The highest BCUT2D eigenvalue weighted by Gasteiger charge is 2.23. The first-order valence-corrected chi connectivity index (χ1v) is 10.2. The number of rotatable bonds is 6. The lowest BCUT2D eigenvalue weighted by Crippen LogP contribution is -2.30. The summed E-state index contributed by atoms with van der Waals surface area (Å²) in [4.78, 5) is 12.6. The third kappa shape index (κ3) is 3.77. The van der Waals surface area contributed by atoms with Gasteiger partial charge in [-0.15, -0.1) is 0 Å². The lowest BCUT2D eigenvalue weighted by molar-refractivity contribution is 0.102. The average molecular weight is 390 g/mol. The SMILES string of the molecule is CCN(CC)S(=O)(=O)c1ccc(O)c(NC(=O)c2ccc3c(c2)CCO3)c1. The van der Waals surface area contributed by atoms with Gasteiger partial charge in [-0.25, -0.2) is 8.42 Å². The van der Waals surface area contributed by atoms with E-state index in [9.17, 15) is 18.3 Å². The molecule has 0 radical (unpaired) electrons. The summed E-state index contributed by atoms with van der Waals surface area (Å²) in [5.74, 6) is 0.130. The Balaban J connectivity index is 1.88. The Labute approximate surface area is 158 Å². The lowest BCUT2D eigenvalue weighted by Gasteiger charge is -2.19. The number of phenols is 1. The third-order valence-corrected chi connectivity index (χ3v) is 6.56. The first-order chi connectivity index (χ1) is 12.9. The number of carbonyl (C=O) groups excluding carboxylic acids is 1. The van der Waals surface area contributed by atoms with Gasteiger partial charge in [-0.1, -0.05) is 13.8 Å². The van der Waals surface area contributed by atoms with Gasteiger partial charge in [0.2, 0.25) is 10.0 Å². The van der Waals surface area contributed by atoms with Crippen LogP contribution < -0.4 is 10.1 Å². The molecular formula is C19H22N2O5S. The highest BCUT2D eigenvalue weighted by molar-refractivity contribution is 7.89. The number of fused-ring (bicyclic) bond motifs is 1. The van der Waals surface area contributed by atoms with Gasteiger partial charge in [0, 0.05) is 25.1 Å². The van der Waals surface area contributed by atoms with Crippen LogP contribution in [-0.4, -0.2) is 43.4 Å². The standard InChI is InChI=1S/C19H22N2O5S/c1-3-21(4-2)27(24,25)15-6-7-17(22)16(12-15)20-19(23)14-5-8-18-13(11-14)9-10-26-18/h5-8,11-12,22H,3-4,9-10H2,1-2H3,(H,20,23). The quantitative estimate of drug-likeness (QED) is 0.739. The molecule has 2 N–H and O–H groups in total. The summed E-state index contributed by atoms with van der Waals surface area (Å²) in [6, 6.07) is 8.97. The van der Waals surface area contributed by atoms with E-state index in [0.29, 0.717) is 25.3 Å². The first kappa shape index (κ1) is 19.2. The number of hydrogen-bond acceptors (Lipinski definition) is 5. The van der Waals surface area contributed by atoms with Gasteiger partial charge in [-0.3, -0.25) is 4.79 Å². The minimum absolute atomic E-state index is 0.0154. The number of anilines is 1. The molecule has 1 amide bonds. The van der Waals surface area contributed by atoms with Crippen molar-refractivity contribution in [2.24, 2.45) is 0 Å². The maximum absolute atomic E-state index is 12.7. The number of sulfonamides is 1. The zero-order valence-corrected chi connectivity index (χ0v) is 16.0. The third-order valence-electron chi connectivity index (χ3n) is 4.51. The molecule has 0 unspecified atom stereocenters. The molecule has 0 saturated carbocycles. The van der Waals surface area contributed by atoms with E-state index in [2.05, 4.69) is 5.32 Å². The Kier molecular flexibility index (Phi) is 5.38. The molecule has 2 aromatic carbocycles. The summed E-state index contributed by atoms with van der Waals surface area (Å²) >= 11 is 0. The van der Waals surface area contributed by atoms with Crippen LogP contribution in [0.3, 0.4) is 0 Å². The van der Waals surface area contributed by atoms with Gasteiger partial charge < -0.3 is 15.2 Å². The number of aromatic hydroxyl groups is 1. The number of amides is 1. The molecule has 1 aliphatic rings. The molecule has 27 heavy (non-hydrogen) atoms. The van der Waals surface area contributed by atoms with Crippen molar-refractivity contribution in [3.63, 3.8) is 0 Å². The van der Waals surface area contributed by atoms with Crippen molar-refractivity contribution in [2.45, 2.75) is 25.2 Å². The van der Waals surface area contributed by atoms with E-state index in [1.165, 1.54) is 22.5 Å². The van der Waals surface area contributed by atoms with Crippen molar-refractivity contribution < 1.29 is 23.1 Å².